The van der Waals surface area contributed by atoms with Gasteiger partial charge in [-0.1, -0.05) is 0 Å². The highest BCUT2D eigenvalue weighted by Gasteiger charge is 2.58. The van der Waals surface area contributed by atoms with E-state index >= 15 is 0 Å². The van der Waals surface area contributed by atoms with E-state index in [4.69, 9.17) is 16.0 Å². The summed E-state index contributed by atoms with van der Waals surface area (Å²) in [5.74, 6) is 0.662. The molecule has 2 nitrogen and oxygen atoms in total. The lowest BCUT2D eigenvalue weighted by atomic mass is 9.83. The van der Waals surface area contributed by atoms with Crippen molar-refractivity contribution in [1.82, 2.24) is 0 Å². The lowest BCUT2D eigenvalue weighted by Gasteiger charge is -2.25. The Hall–Kier alpha value is -0.760. The summed E-state index contributed by atoms with van der Waals surface area (Å²) in [7, 11) is 0. The van der Waals surface area contributed by atoms with Gasteiger partial charge in [-0.3, -0.25) is 0 Å². The van der Waals surface area contributed by atoms with E-state index < -0.39 is 10.3 Å². The second-order valence-corrected chi connectivity index (χ2v) is 4.49. The van der Waals surface area contributed by atoms with Crippen LogP contribution in [0.4, 0.5) is 0 Å². The Morgan fingerprint density at radius 2 is 2.38 bits per heavy atom. The van der Waals surface area contributed by atoms with Crippen LogP contribution in [0.5, 0.6) is 0 Å². The molecule has 1 unspecified atom stereocenters. The van der Waals surface area contributed by atoms with Crippen molar-refractivity contribution >= 4 is 17.9 Å². The summed E-state index contributed by atoms with van der Waals surface area (Å²) >= 11 is 6.25. The molecule has 0 aliphatic heterocycles. The molecule has 1 aliphatic carbocycles. The molecule has 0 N–H and O–H groups in total. The molecule has 1 aliphatic rings. The SMILES string of the molecule is CC(C=O)(c1ccco1)C1(Cl)CC1. The fourth-order valence-electron chi connectivity index (χ4n) is 1.59. The van der Waals surface area contributed by atoms with Crippen molar-refractivity contribution < 1.29 is 9.21 Å². The summed E-state index contributed by atoms with van der Waals surface area (Å²) in [6, 6.07) is 3.58. The zero-order valence-electron chi connectivity index (χ0n) is 7.42. The van der Waals surface area contributed by atoms with Crippen LogP contribution in [-0.2, 0) is 10.2 Å². The Morgan fingerprint density at radius 1 is 1.69 bits per heavy atom. The van der Waals surface area contributed by atoms with Crippen LogP contribution >= 0.6 is 11.6 Å². The van der Waals surface area contributed by atoms with Gasteiger partial charge in [0.25, 0.3) is 0 Å². The van der Waals surface area contributed by atoms with Crippen LogP contribution < -0.4 is 0 Å². The predicted octanol–water partition coefficient (Wildman–Crippen LogP) is 2.51. The van der Waals surface area contributed by atoms with Crippen LogP contribution in [0, 0.1) is 0 Å². The van der Waals surface area contributed by atoms with E-state index in [9.17, 15) is 4.79 Å². The van der Waals surface area contributed by atoms with Gasteiger partial charge >= 0.3 is 0 Å². The van der Waals surface area contributed by atoms with Crippen LogP contribution in [0.2, 0.25) is 0 Å². The molecule has 1 fully saturated rings. The molecule has 0 aromatic carbocycles. The molecule has 0 spiro atoms. The summed E-state index contributed by atoms with van der Waals surface area (Å²) in [4.78, 5) is 10.7. The maximum atomic E-state index is 11.1. The van der Waals surface area contributed by atoms with Crippen molar-refractivity contribution in [3.8, 4) is 0 Å². The molecule has 1 aromatic heterocycles. The predicted molar refractivity (Wildman–Crippen MR) is 49.9 cm³/mol. The molecule has 0 amide bonds. The van der Waals surface area contributed by atoms with E-state index in [0.717, 1.165) is 19.1 Å². The van der Waals surface area contributed by atoms with E-state index in [1.165, 1.54) is 0 Å². The molecule has 70 valence electrons. The molecule has 1 heterocycles. The van der Waals surface area contributed by atoms with Crippen molar-refractivity contribution in [3.05, 3.63) is 24.2 Å². The molecular formula is C10H11ClO2. The van der Waals surface area contributed by atoms with Gasteiger partial charge in [-0.25, -0.2) is 0 Å². The number of alkyl halides is 1. The number of rotatable bonds is 3. The number of aldehydes is 1. The second kappa shape index (κ2) is 2.61. The number of hydrogen-bond donors (Lipinski definition) is 0. The lowest BCUT2D eigenvalue weighted by molar-refractivity contribution is -0.112. The van der Waals surface area contributed by atoms with Gasteiger partial charge in [0.1, 0.15) is 12.0 Å². The standard InChI is InChI=1S/C10H11ClO2/c1-9(7-12,10(11)4-5-10)8-3-2-6-13-8/h2-3,6-7H,4-5H2,1H3. The fourth-order valence-corrected chi connectivity index (χ4v) is 1.82. The molecule has 1 saturated carbocycles. The third kappa shape index (κ3) is 1.12. The van der Waals surface area contributed by atoms with Crippen molar-refractivity contribution in [2.45, 2.75) is 30.1 Å². The Bertz CT molecular complexity index is 314. The minimum Gasteiger partial charge on any atom is -0.468 e. The maximum Gasteiger partial charge on any atom is 0.135 e. The largest absolute Gasteiger partial charge is 0.468 e. The summed E-state index contributed by atoms with van der Waals surface area (Å²) in [5, 5.41) is 0. The van der Waals surface area contributed by atoms with Crippen LogP contribution in [0.25, 0.3) is 0 Å². The zero-order chi connectivity index (χ0) is 9.53. The van der Waals surface area contributed by atoms with Gasteiger partial charge in [-0.05, 0) is 31.9 Å². The number of carbonyl (C=O) groups excluding carboxylic acids is 1. The van der Waals surface area contributed by atoms with Gasteiger partial charge in [0, 0.05) is 0 Å². The van der Waals surface area contributed by atoms with E-state index in [0.29, 0.717) is 5.76 Å². The molecule has 0 radical (unpaired) electrons. The van der Waals surface area contributed by atoms with E-state index in [2.05, 4.69) is 0 Å². The normalized spacial score (nSPS) is 23.5. The highest BCUT2D eigenvalue weighted by atomic mass is 35.5. The number of carbonyl (C=O) groups is 1. The van der Waals surface area contributed by atoms with Crippen LogP contribution in [-0.4, -0.2) is 11.2 Å². The Balaban J connectivity index is 2.41. The van der Waals surface area contributed by atoms with Gasteiger partial charge < -0.3 is 9.21 Å². The maximum absolute atomic E-state index is 11.1. The first kappa shape index (κ1) is 8.82. The van der Waals surface area contributed by atoms with Gasteiger partial charge in [0.15, 0.2) is 0 Å². The van der Waals surface area contributed by atoms with Crippen molar-refractivity contribution in [3.63, 3.8) is 0 Å². The third-order valence-electron chi connectivity index (χ3n) is 2.89. The van der Waals surface area contributed by atoms with Gasteiger partial charge in [-0.2, -0.15) is 0 Å². The monoisotopic (exact) mass is 198 g/mol. The van der Waals surface area contributed by atoms with Crippen LogP contribution in [0.3, 0.4) is 0 Å². The fraction of sp³-hybridized carbons (Fsp3) is 0.500. The van der Waals surface area contributed by atoms with Gasteiger partial charge in [0.05, 0.1) is 16.6 Å². The van der Waals surface area contributed by atoms with Crippen molar-refractivity contribution in [2.75, 3.05) is 0 Å². The Morgan fingerprint density at radius 3 is 2.77 bits per heavy atom. The lowest BCUT2D eigenvalue weighted by Crippen LogP contribution is -2.36. The molecule has 1 aromatic rings. The minimum absolute atomic E-state index is 0.410. The third-order valence-corrected chi connectivity index (χ3v) is 3.66. The molecule has 0 bridgehead atoms. The number of halogens is 1. The molecule has 0 saturated heterocycles. The zero-order valence-corrected chi connectivity index (χ0v) is 8.17. The highest BCUT2D eigenvalue weighted by molar-refractivity contribution is 6.28. The van der Waals surface area contributed by atoms with E-state index in [1.54, 1.807) is 18.4 Å². The molecule has 2 rings (SSSR count). The summed E-state index contributed by atoms with van der Waals surface area (Å²) in [5.41, 5.74) is -0.669. The summed E-state index contributed by atoms with van der Waals surface area (Å²) in [6.45, 7) is 1.83. The Kier molecular flexibility index (Phi) is 1.77. The van der Waals surface area contributed by atoms with Crippen molar-refractivity contribution in [2.24, 2.45) is 0 Å². The van der Waals surface area contributed by atoms with Crippen LogP contribution in [0.1, 0.15) is 25.5 Å². The minimum atomic E-state index is -0.669. The molecule has 13 heavy (non-hydrogen) atoms. The van der Waals surface area contributed by atoms with E-state index in [-0.39, 0.29) is 0 Å². The highest BCUT2D eigenvalue weighted by Crippen LogP contribution is 2.55. The van der Waals surface area contributed by atoms with E-state index in [1.807, 2.05) is 6.92 Å². The topological polar surface area (TPSA) is 30.2 Å². The Labute approximate surface area is 81.9 Å². The average Bonchev–Trinajstić information content (AvgIpc) is 2.72. The molecule has 3 heteroatoms. The number of furan rings is 1. The van der Waals surface area contributed by atoms with Crippen molar-refractivity contribution in [1.29, 1.82) is 0 Å². The average molecular weight is 199 g/mol. The molecule has 1 atom stereocenters. The smallest absolute Gasteiger partial charge is 0.135 e. The first-order valence-corrected chi connectivity index (χ1v) is 4.69. The summed E-state index contributed by atoms with van der Waals surface area (Å²) in [6.07, 6.45) is 4.22. The van der Waals surface area contributed by atoms with Gasteiger partial charge in [0.2, 0.25) is 0 Å². The second-order valence-electron chi connectivity index (χ2n) is 3.76. The quantitative estimate of drug-likeness (QED) is 0.552. The van der Waals surface area contributed by atoms with Crippen LogP contribution in [0.15, 0.2) is 22.8 Å². The molecular weight excluding hydrogens is 188 g/mol. The first-order valence-electron chi connectivity index (χ1n) is 4.32. The summed E-state index contributed by atoms with van der Waals surface area (Å²) < 4.78 is 5.24. The number of hydrogen-bond acceptors (Lipinski definition) is 2. The van der Waals surface area contributed by atoms with Gasteiger partial charge in [-0.15, -0.1) is 11.6 Å². The first-order chi connectivity index (χ1) is 6.12.